The van der Waals surface area contributed by atoms with Crippen molar-refractivity contribution in [1.29, 1.82) is 0 Å². The topological polar surface area (TPSA) is 112 Å². The Hall–Kier alpha value is -3.29. The van der Waals surface area contributed by atoms with Crippen molar-refractivity contribution in [3.8, 4) is 17.0 Å². The van der Waals surface area contributed by atoms with Crippen molar-refractivity contribution < 1.29 is 15.0 Å². The highest BCUT2D eigenvalue weighted by atomic mass is 35.5. The molecule has 5 N–H and O–H groups in total. The minimum Gasteiger partial charge on any atom is -0.507 e. The van der Waals surface area contributed by atoms with Crippen LogP contribution in [0.15, 0.2) is 54.6 Å². The number of hydrogen-bond donors (Lipinski definition) is 4. The molecule has 0 saturated heterocycles. The number of phenolic OH excluding ortho intramolecular Hbond substituents is 1. The number of hydrogen-bond acceptors (Lipinski definition) is 6. The molecule has 31 heavy (non-hydrogen) atoms. The van der Waals surface area contributed by atoms with Crippen LogP contribution in [0.2, 0.25) is 5.02 Å². The van der Waals surface area contributed by atoms with Crippen LogP contribution in [0.3, 0.4) is 0 Å². The molecular formula is C23H25ClN4O3. The SMILES string of the molecule is CN(c1ccc(Cl)cc1)c1ccc(O)c(-c2ccc(C(=O)NCCCCO)c(N)n2)c1. The zero-order chi connectivity index (χ0) is 22.4. The van der Waals surface area contributed by atoms with E-state index in [0.29, 0.717) is 35.7 Å². The summed E-state index contributed by atoms with van der Waals surface area (Å²) in [7, 11) is 1.91. The van der Waals surface area contributed by atoms with Gasteiger partial charge in [-0.05, 0) is 67.4 Å². The second-order valence-corrected chi connectivity index (χ2v) is 7.49. The van der Waals surface area contributed by atoms with Gasteiger partial charge in [-0.25, -0.2) is 4.98 Å². The zero-order valence-electron chi connectivity index (χ0n) is 17.2. The van der Waals surface area contributed by atoms with Gasteiger partial charge in [0, 0.05) is 42.2 Å². The highest BCUT2D eigenvalue weighted by Crippen LogP contribution is 2.34. The lowest BCUT2D eigenvalue weighted by atomic mass is 10.1. The molecule has 0 aliphatic rings. The fourth-order valence-corrected chi connectivity index (χ4v) is 3.23. The highest BCUT2D eigenvalue weighted by molar-refractivity contribution is 6.30. The van der Waals surface area contributed by atoms with E-state index in [9.17, 15) is 9.90 Å². The lowest BCUT2D eigenvalue weighted by Crippen LogP contribution is -2.25. The number of carbonyl (C=O) groups excluding carboxylic acids is 1. The quantitative estimate of drug-likeness (QED) is 0.394. The lowest BCUT2D eigenvalue weighted by molar-refractivity contribution is 0.0952. The van der Waals surface area contributed by atoms with E-state index in [1.54, 1.807) is 30.3 Å². The maximum absolute atomic E-state index is 12.3. The third kappa shape index (κ3) is 5.45. The van der Waals surface area contributed by atoms with E-state index in [1.807, 2.05) is 36.2 Å². The van der Waals surface area contributed by atoms with Crippen LogP contribution in [-0.4, -0.2) is 41.3 Å². The van der Waals surface area contributed by atoms with Gasteiger partial charge in [-0.15, -0.1) is 0 Å². The van der Waals surface area contributed by atoms with E-state index in [-0.39, 0.29) is 29.6 Å². The number of amides is 1. The van der Waals surface area contributed by atoms with Gasteiger partial charge in [0.05, 0.1) is 11.3 Å². The van der Waals surface area contributed by atoms with E-state index >= 15 is 0 Å². The summed E-state index contributed by atoms with van der Waals surface area (Å²) >= 11 is 5.97. The average Bonchev–Trinajstić information content (AvgIpc) is 2.77. The van der Waals surface area contributed by atoms with Crippen molar-refractivity contribution in [2.24, 2.45) is 0 Å². The Morgan fingerprint density at radius 3 is 2.48 bits per heavy atom. The molecule has 7 nitrogen and oxygen atoms in total. The standard InChI is InChI=1S/C23H25ClN4O3/c1-28(16-6-4-15(24)5-7-16)17-8-11-21(30)19(14-17)20-10-9-18(22(25)27-20)23(31)26-12-2-3-13-29/h4-11,14,29-30H,2-3,12-13H2,1H3,(H2,25,27)(H,26,31). The van der Waals surface area contributed by atoms with Gasteiger partial charge < -0.3 is 26.2 Å². The Morgan fingerprint density at radius 2 is 1.81 bits per heavy atom. The number of pyridine rings is 1. The Labute approximate surface area is 186 Å². The number of aliphatic hydroxyl groups excluding tert-OH is 1. The fraction of sp³-hybridized carbons (Fsp3) is 0.217. The largest absolute Gasteiger partial charge is 0.507 e. The third-order valence-electron chi connectivity index (χ3n) is 4.90. The predicted molar refractivity (Wildman–Crippen MR) is 124 cm³/mol. The van der Waals surface area contributed by atoms with Crippen molar-refractivity contribution in [1.82, 2.24) is 10.3 Å². The smallest absolute Gasteiger partial charge is 0.255 e. The van der Waals surface area contributed by atoms with Crippen LogP contribution in [0, 0.1) is 0 Å². The first-order chi connectivity index (χ1) is 14.9. The fourth-order valence-electron chi connectivity index (χ4n) is 3.10. The number of aromatic hydroxyl groups is 1. The van der Waals surface area contributed by atoms with Crippen LogP contribution in [-0.2, 0) is 0 Å². The number of rotatable bonds is 8. The predicted octanol–water partition coefficient (Wildman–Crippen LogP) is 3.96. The molecule has 0 aliphatic carbocycles. The summed E-state index contributed by atoms with van der Waals surface area (Å²) in [6, 6.07) is 15.9. The molecule has 0 spiro atoms. The minimum atomic E-state index is -0.324. The maximum atomic E-state index is 12.3. The number of aliphatic hydroxyl groups is 1. The van der Waals surface area contributed by atoms with Crippen LogP contribution in [0.1, 0.15) is 23.2 Å². The molecular weight excluding hydrogens is 416 g/mol. The zero-order valence-corrected chi connectivity index (χ0v) is 17.9. The molecule has 2 aromatic carbocycles. The molecule has 8 heteroatoms. The van der Waals surface area contributed by atoms with Crippen LogP contribution in [0.5, 0.6) is 5.75 Å². The first-order valence-corrected chi connectivity index (χ1v) is 10.3. The number of aromatic nitrogens is 1. The van der Waals surface area contributed by atoms with Crippen molar-refractivity contribution >= 4 is 34.7 Å². The summed E-state index contributed by atoms with van der Waals surface area (Å²) in [6.07, 6.45) is 1.29. The van der Waals surface area contributed by atoms with Crippen LogP contribution >= 0.6 is 11.6 Å². The summed E-state index contributed by atoms with van der Waals surface area (Å²) in [6.45, 7) is 0.532. The van der Waals surface area contributed by atoms with Gasteiger partial charge in [0.25, 0.3) is 5.91 Å². The van der Waals surface area contributed by atoms with Gasteiger partial charge in [0.1, 0.15) is 11.6 Å². The van der Waals surface area contributed by atoms with Gasteiger partial charge in [-0.1, -0.05) is 11.6 Å². The maximum Gasteiger partial charge on any atom is 0.255 e. The molecule has 0 bridgehead atoms. The summed E-state index contributed by atoms with van der Waals surface area (Å²) in [4.78, 5) is 18.6. The summed E-state index contributed by atoms with van der Waals surface area (Å²) < 4.78 is 0. The lowest BCUT2D eigenvalue weighted by Gasteiger charge is -2.21. The first-order valence-electron chi connectivity index (χ1n) is 9.89. The molecule has 0 fully saturated rings. The second kappa shape index (κ2) is 10.1. The molecule has 0 radical (unpaired) electrons. The number of nitrogens with one attached hydrogen (secondary N) is 1. The van der Waals surface area contributed by atoms with Crippen LogP contribution in [0.4, 0.5) is 17.2 Å². The van der Waals surface area contributed by atoms with Crippen molar-refractivity contribution in [2.75, 3.05) is 30.8 Å². The van der Waals surface area contributed by atoms with Gasteiger partial charge in [-0.2, -0.15) is 0 Å². The number of benzene rings is 2. The molecule has 0 saturated carbocycles. The average molecular weight is 441 g/mol. The number of halogens is 1. The summed E-state index contributed by atoms with van der Waals surface area (Å²) in [5.41, 5.74) is 9.02. The molecule has 1 amide bonds. The van der Waals surface area contributed by atoms with E-state index in [0.717, 1.165) is 11.4 Å². The highest BCUT2D eigenvalue weighted by Gasteiger charge is 2.15. The number of nitrogens with two attached hydrogens (primary N) is 1. The van der Waals surface area contributed by atoms with E-state index < -0.39 is 0 Å². The van der Waals surface area contributed by atoms with E-state index in [2.05, 4.69) is 10.3 Å². The van der Waals surface area contributed by atoms with Crippen molar-refractivity contribution in [2.45, 2.75) is 12.8 Å². The Morgan fingerprint density at radius 1 is 1.10 bits per heavy atom. The second-order valence-electron chi connectivity index (χ2n) is 7.05. The minimum absolute atomic E-state index is 0.0568. The number of nitrogen functional groups attached to an aromatic ring is 1. The van der Waals surface area contributed by atoms with Crippen molar-refractivity contribution in [3.63, 3.8) is 0 Å². The number of phenols is 1. The Kier molecular flexibility index (Phi) is 7.33. The molecule has 0 atom stereocenters. The molecule has 0 aliphatic heterocycles. The van der Waals surface area contributed by atoms with Gasteiger partial charge in [0.2, 0.25) is 0 Å². The number of carbonyl (C=O) groups is 1. The molecule has 1 aromatic heterocycles. The normalized spacial score (nSPS) is 10.7. The van der Waals surface area contributed by atoms with Gasteiger partial charge in [0.15, 0.2) is 0 Å². The molecule has 3 aromatic rings. The first kappa shape index (κ1) is 22.4. The molecule has 1 heterocycles. The summed E-state index contributed by atoms with van der Waals surface area (Å²) in [5.74, 6) is -0.190. The Bertz CT molecular complexity index is 1060. The molecule has 3 rings (SSSR count). The van der Waals surface area contributed by atoms with E-state index in [1.165, 1.54) is 0 Å². The van der Waals surface area contributed by atoms with Crippen LogP contribution in [0.25, 0.3) is 11.3 Å². The van der Waals surface area contributed by atoms with Gasteiger partial charge >= 0.3 is 0 Å². The van der Waals surface area contributed by atoms with Gasteiger partial charge in [-0.3, -0.25) is 4.79 Å². The molecule has 162 valence electrons. The number of unbranched alkanes of at least 4 members (excludes halogenated alkanes) is 1. The molecule has 0 unspecified atom stereocenters. The third-order valence-corrected chi connectivity index (χ3v) is 5.15. The van der Waals surface area contributed by atoms with Crippen molar-refractivity contribution in [3.05, 3.63) is 65.2 Å². The van der Waals surface area contributed by atoms with Crippen LogP contribution < -0.4 is 16.0 Å². The number of nitrogens with zero attached hydrogens (tertiary/aromatic N) is 2. The number of anilines is 3. The van der Waals surface area contributed by atoms with E-state index in [4.69, 9.17) is 22.4 Å². The monoisotopic (exact) mass is 440 g/mol. The summed E-state index contributed by atoms with van der Waals surface area (Å²) in [5, 5.41) is 22.6. The Balaban J connectivity index is 1.83.